The zero-order chi connectivity index (χ0) is 29.7. The Bertz CT molecular complexity index is 1600. The third-order valence-electron chi connectivity index (χ3n) is 7.65. The molecule has 3 aromatic carbocycles. The van der Waals surface area contributed by atoms with Gasteiger partial charge < -0.3 is 18.9 Å². The number of benzene rings is 3. The molecule has 220 valence electrons. The topological polar surface area (TPSA) is 81.1 Å². The van der Waals surface area contributed by atoms with E-state index in [0.717, 1.165) is 16.8 Å². The number of carbonyl (C=O) groups is 1. The Morgan fingerprint density at radius 1 is 0.929 bits per heavy atom. The molecule has 0 fully saturated rings. The van der Waals surface area contributed by atoms with Gasteiger partial charge in [0.05, 0.1) is 24.7 Å². The van der Waals surface area contributed by atoms with Crippen LogP contribution < -0.4 is 4.74 Å². The lowest BCUT2D eigenvalue weighted by atomic mass is 10.00. The van der Waals surface area contributed by atoms with Crippen LogP contribution in [-0.4, -0.2) is 61.5 Å². The lowest BCUT2D eigenvalue weighted by Gasteiger charge is -2.37. The Labute approximate surface area is 248 Å². The number of methoxy groups -OCH3 is 1. The molecule has 0 aliphatic carbocycles. The van der Waals surface area contributed by atoms with Gasteiger partial charge in [0, 0.05) is 38.1 Å². The van der Waals surface area contributed by atoms with Crippen molar-refractivity contribution in [1.29, 1.82) is 0 Å². The Kier molecular flexibility index (Phi) is 9.11. The largest absolute Gasteiger partial charge is 0.497 e. The van der Waals surface area contributed by atoms with Crippen LogP contribution in [0.1, 0.15) is 34.0 Å². The minimum absolute atomic E-state index is 0.0757. The lowest BCUT2D eigenvalue weighted by Crippen LogP contribution is -2.44. The first kappa shape index (κ1) is 29.6. The van der Waals surface area contributed by atoms with Crippen molar-refractivity contribution in [3.63, 3.8) is 0 Å². The Morgan fingerprint density at radius 3 is 2.26 bits per heavy atom. The molecular weight excluding hydrogens is 550 g/mol. The zero-order valence-electron chi connectivity index (χ0n) is 24.3. The molecule has 0 radical (unpaired) electrons. The Morgan fingerprint density at radius 2 is 1.60 bits per heavy atom. The van der Waals surface area contributed by atoms with Crippen LogP contribution in [0.4, 0.5) is 0 Å². The number of carbonyl (C=O) groups excluding carboxylic acids is 1. The summed E-state index contributed by atoms with van der Waals surface area (Å²) in [5.41, 5.74) is 4.19. The van der Waals surface area contributed by atoms with E-state index in [9.17, 15) is 13.2 Å². The molecule has 0 N–H and O–H groups in total. The molecule has 1 unspecified atom stereocenters. The minimum atomic E-state index is -3.88. The molecular formula is C33H37N3O5S. The quantitative estimate of drug-likeness (QED) is 0.232. The summed E-state index contributed by atoms with van der Waals surface area (Å²) in [6, 6.07) is 26.8. The van der Waals surface area contributed by atoms with Crippen LogP contribution in [0.3, 0.4) is 0 Å². The van der Waals surface area contributed by atoms with Crippen LogP contribution in [0.15, 0.2) is 96.0 Å². The van der Waals surface area contributed by atoms with Gasteiger partial charge in [-0.25, -0.2) is 8.42 Å². The maximum atomic E-state index is 14.0. The molecule has 0 saturated heterocycles. The van der Waals surface area contributed by atoms with Crippen molar-refractivity contribution in [1.82, 2.24) is 13.8 Å². The van der Waals surface area contributed by atoms with E-state index in [4.69, 9.17) is 9.47 Å². The predicted octanol–water partition coefficient (Wildman–Crippen LogP) is 4.95. The average Bonchev–Trinajstić information content (AvgIpc) is 3.47. The average molecular weight is 588 g/mol. The van der Waals surface area contributed by atoms with Crippen molar-refractivity contribution in [3.05, 3.63) is 119 Å². The molecule has 1 aromatic heterocycles. The summed E-state index contributed by atoms with van der Waals surface area (Å²) in [6.07, 6.45) is 2.04. The second kappa shape index (κ2) is 12.9. The van der Waals surface area contributed by atoms with Crippen molar-refractivity contribution in [2.24, 2.45) is 0 Å². The van der Waals surface area contributed by atoms with Gasteiger partial charge in [-0.15, -0.1) is 0 Å². The molecule has 0 bridgehead atoms. The number of aromatic nitrogens is 1. The van der Waals surface area contributed by atoms with Crippen LogP contribution >= 0.6 is 0 Å². The van der Waals surface area contributed by atoms with E-state index < -0.39 is 10.0 Å². The Balaban J connectivity index is 1.31. The number of hydrogen-bond donors (Lipinski definition) is 0. The fourth-order valence-corrected chi connectivity index (χ4v) is 7.51. The van der Waals surface area contributed by atoms with Crippen molar-refractivity contribution in [3.8, 4) is 5.75 Å². The fraction of sp³-hybridized carbons (Fsp3) is 0.303. The number of sulfonamides is 1. The zero-order valence-corrected chi connectivity index (χ0v) is 25.1. The SMILES string of the molecule is COc1cc(C)c(S(=O)(=O)N(CCOCC(=O)N2CCn3cccc3C2c2ccccc2)Cc2ccccc2)c(C)c1. The van der Waals surface area contributed by atoms with Gasteiger partial charge in [-0.1, -0.05) is 60.7 Å². The molecule has 42 heavy (non-hydrogen) atoms. The monoisotopic (exact) mass is 587 g/mol. The van der Waals surface area contributed by atoms with E-state index >= 15 is 0 Å². The van der Waals surface area contributed by atoms with Gasteiger partial charge in [-0.05, 0) is 60.4 Å². The highest BCUT2D eigenvalue weighted by molar-refractivity contribution is 7.89. The maximum Gasteiger partial charge on any atom is 0.249 e. The molecule has 4 aromatic rings. The van der Waals surface area contributed by atoms with Crippen LogP contribution in [0.2, 0.25) is 0 Å². The fourth-order valence-electron chi connectivity index (χ4n) is 5.68. The van der Waals surface area contributed by atoms with E-state index in [-0.39, 0.29) is 43.1 Å². The number of aryl methyl sites for hydroxylation is 2. The first-order valence-corrected chi connectivity index (χ1v) is 15.5. The summed E-state index contributed by atoms with van der Waals surface area (Å²) in [5.74, 6) is 0.481. The second-order valence-electron chi connectivity index (χ2n) is 10.5. The van der Waals surface area contributed by atoms with Crippen molar-refractivity contribution in [2.45, 2.75) is 37.9 Å². The van der Waals surface area contributed by atoms with Gasteiger partial charge >= 0.3 is 0 Å². The van der Waals surface area contributed by atoms with E-state index in [0.29, 0.717) is 30.0 Å². The normalized spacial score (nSPS) is 15.0. The highest BCUT2D eigenvalue weighted by atomic mass is 32.2. The van der Waals surface area contributed by atoms with Crippen LogP contribution in [-0.2, 0) is 32.6 Å². The van der Waals surface area contributed by atoms with Gasteiger partial charge in [0.2, 0.25) is 15.9 Å². The highest BCUT2D eigenvalue weighted by Crippen LogP contribution is 2.33. The number of amides is 1. The van der Waals surface area contributed by atoms with Gasteiger partial charge in [-0.3, -0.25) is 4.79 Å². The van der Waals surface area contributed by atoms with E-state index in [1.165, 1.54) is 4.31 Å². The smallest absolute Gasteiger partial charge is 0.249 e. The molecule has 1 aliphatic rings. The molecule has 1 atom stereocenters. The summed E-state index contributed by atoms with van der Waals surface area (Å²) in [4.78, 5) is 15.6. The summed E-state index contributed by atoms with van der Waals surface area (Å²) in [5, 5.41) is 0. The lowest BCUT2D eigenvalue weighted by molar-refractivity contribution is -0.139. The summed E-state index contributed by atoms with van der Waals surface area (Å²) >= 11 is 0. The van der Waals surface area contributed by atoms with Crippen molar-refractivity contribution in [2.75, 3.05) is 33.4 Å². The van der Waals surface area contributed by atoms with Crippen LogP contribution in [0, 0.1) is 13.8 Å². The standard InChI is InChI=1S/C33H37N3O5S/c1-25-21-29(40-3)22-26(2)33(25)42(38,39)35(23-27-11-6-4-7-12-27)19-20-41-24-31(37)36-18-17-34-16-10-15-30(34)32(36)28-13-8-5-9-14-28/h4-16,21-22,32H,17-20,23-24H2,1-3H3. The third kappa shape index (κ3) is 6.28. The first-order valence-electron chi connectivity index (χ1n) is 14.1. The third-order valence-corrected chi connectivity index (χ3v) is 9.81. The van der Waals surface area contributed by atoms with Gasteiger partial charge in [-0.2, -0.15) is 4.31 Å². The molecule has 1 amide bonds. The van der Waals surface area contributed by atoms with E-state index in [2.05, 4.69) is 4.57 Å². The predicted molar refractivity (Wildman–Crippen MR) is 162 cm³/mol. The number of ether oxygens (including phenoxy) is 2. The van der Waals surface area contributed by atoms with Crippen molar-refractivity contribution < 1.29 is 22.7 Å². The van der Waals surface area contributed by atoms with Crippen molar-refractivity contribution >= 4 is 15.9 Å². The van der Waals surface area contributed by atoms with E-state index in [1.807, 2.05) is 83.9 Å². The molecule has 0 spiro atoms. The second-order valence-corrected chi connectivity index (χ2v) is 12.4. The molecule has 2 heterocycles. The van der Waals surface area contributed by atoms with Gasteiger partial charge in [0.25, 0.3) is 0 Å². The number of rotatable bonds is 11. The summed E-state index contributed by atoms with van der Waals surface area (Å²) < 4.78 is 42.8. The minimum Gasteiger partial charge on any atom is -0.497 e. The molecule has 5 rings (SSSR count). The molecule has 9 heteroatoms. The molecule has 1 aliphatic heterocycles. The molecule has 8 nitrogen and oxygen atoms in total. The number of nitrogens with zero attached hydrogens (tertiary/aromatic N) is 3. The highest BCUT2D eigenvalue weighted by Gasteiger charge is 2.32. The van der Waals surface area contributed by atoms with E-state index in [1.54, 1.807) is 33.1 Å². The van der Waals surface area contributed by atoms with Crippen LogP contribution in [0.5, 0.6) is 5.75 Å². The molecule has 0 saturated carbocycles. The number of fused-ring (bicyclic) bond motifs is 1. The first-order chi connectivity index (χ1) is 20.3. The van der Waals surface area contributed by atoms with Gasteiger partial charge in [0.15, 0.2) is 0 Å². The number of hydrogen-bond acceptors (Lipinski definition) is 5. The van der Waals surface area contributed by atoms with Crippen LogP contribution in [0.25, 0.3) is 0 Å². The summed E-state index contributed by atoms with van der Waals surface area (Å²) in [6.45, 7) is 5.04. The summed E-state index contributed by atoms with van der Waals surface area (Å²) in [7, 11) is -2.32. The van der Waals surface area contributed by atoms with Gasteiger partial charge in [0.1, 0.15) is 12.4 Å². The Hall–Kier alpha value is -3.92. The maximum absolute atomic E-state index is 14.0.